The molecule has 3 rings (SSSR count). The number of nitrogens with zero attached hydrogens (tertiary/aromatic N) is 2. The first-order chi connectivity index (χ1) is 13.7. The van der Waals surface area contributed by atoms with Gasteiger partial charge in [0.1, 0.15) is 0 Å². The predicted octanol–water partition coefficient (Wildman–Crippen LogP) is 2.56. The zero-order valence-corrected chi connectivity index (χ0v) is 16.3. The zero-order valence-electron chi connectivity index (χ0n) is 16.3. The Morgan fingerprint density at radius 3 is 0.933 bits per heavy atom. The van der Waals surface area contributed by atoms with Gasteiger partial charge in [-0.25, -0.2) is 17.6 Å². The fourth-order valence-corrected chi connectivity index (χ4v) is 3.83. The van der Waals surface area contributed by atoms with Crippen LogP contribution in [0.5, 0.6) is 0 Å². The van der Waals surface area contributed by atoms with E-state index < -0.39 is 69.1 Å². The summed E-state index contributed by atoms with van der Waals surface area (Å²) in [5.41, 5.74) is -6.53. The highest BCUT2D eigenvalue weighted by Crippen LogP contribution is 2.41. The molecule has 0 aliphatic carbocycles. The molecule has 0 N–H and O–H groups in total. The van der Waals surface area contributed by atoms with Crippen LogP contribution < -0.4 is 0 Å². The summed E-state index contributed by atoms with van der Waals surface area (Å²) >= 11 is 0. The van der Waals surface area contributed by atoms with Crippen LogP contribution in [0.15, 0.2) is 24.3 Å². The van der Waals surface area contributed by atoms with Crippen molar-refractivity contribution in [3.8, 4) is 0 Å². The van der Waals surface area contributed by atoms with Crippen LogP contribution in [0.2, 0.25) is 0 Å². The van der Waals surface area contributed by atoms with Gasteiger partial charge in [0.15, 0.2) is 23.3 Å². The number of carbonyl (C=O) groups is 4. The molecule has 30 heavy (non-hydrogen) atoms. The van der Waals surface area contributed by atoms with E-state index >= 15 is 17.6 Å². The molecule has 0 saturated carbocycles. The molecule has 1 aromatic rings. The molecule has 0 bridgehead atoms. The largest absolute Gasteiger partial charge is 0.269 e. The van der Waals surface area contributed by atoms with Crippen molar-refractivity contribution < 1.29 is 36.7 Å². The summed E-state index contributed by atoms with van der Waals surface area (Å²) in [7, 11) is 0. The fourth-order valence-electron chi connectivity index (χ4n) is 3.83. The zero-order chi connectivity index (χ0) is 22.8. The van der Waals surface area contributed by atoms with Gasteiger partial charge in [-0.15, -0.1) is 0 Å². The predicted molar refractivity (Wildman–Crippen MR) is 94.3 cm³/mol. The molecule has 0 aromatic heterocycles. The Kier molecular flexibility index (Phi) is 4.72. The Morgan fingerprint density at radius 1 is 0.533 bits per heavy atom. The van der Waals surface area contributed by atoms with E-state index in [1.54, 1.807) is 0 Å². The number of benzene rings is 1. The number of imide groups is 2. The van der Waals surface area contributed by atoms with E-state index in [1.165, 1.54) is 0 Å². The molecule has 0 spiro atoms. The van der Waals surface area contributed by atoms with Crippen molar-refractivity contribution in [2.75, 3.05) is 0 Å². The molecule has 158 valence electrons. The first-order valence-corrected chi connectivity index (χ1v) is 8.74. The number of amides is 4. The quantitative estimate of drug-likeness (QED) is 0.423. The van der Waals surface area contributed by atoms with Gasteiger partial charge in [0.25, 0.3) is 23.6 Å². The van der Waals surface area contributed by atoms with Gasteiger partial charge >= 0.3 is 0 Å². The molecule has 0 atom stereocenters. The van der Waals surface area contributed by atoms with E-state index in [-0.39, 0.29) is 0 Å². The molecule has 0 saturated heterocycles. The topological polar surface area (TPSA) is 74.8 Å². The first-order valence-electron chi connectivity index (χ1n) is 8.74. The summed E-state index contributed by atoms with van der Waals surface area (Å²) in [6.45, 7) is 4.22. The van der Waals surface area contributed by atoms with Gasteiger partial charge in [0.2, 0.25) is 0 Å². The van der Waals surface area contributed by atoms with Crippen molar-refractivity contribution in [2.24, 2.45) is 0 Å². The van der Waals surface area contributed by atoms with Crippen molar-refractivity contribution >= 4 is 23.6 Å². The Balaban J connectivity index is 2.23. The van der Waals surface area contributed by atoms with Gasteiger partial charge in [-0.2, -0.15) is 0 Å². The SMILES string of the molecule is CC(C)(c1c(F)c(F)c(C(C)(C)N2C(=O)C=CC2=O)c(F)c1F)N1C(=O)C=CC1=O. The van der Waals surface area contributed by atoms with Crippen LogP contribution in [0, 0.1) is 23.3 Å². The summed E-state index contributed by atoms with van der Waals surface area (Å²) in [6.07, 6.45) is 3.45. The molecule has 4 amide bonds. The number of hydrogen-bond donors (Lipinski definition) is 0. The van der Waals surface area contributed by atoms with Crippen LogP contribution in [0.3, 0.4) is 0 Å². The Bertz CT molecular complexity index is 939. The van der Waals surface area contributed by atoms with Crippen molar-refractivity contribution in [1.29, 1.82) is 0 Å². The van der Waals surface area contributed by atoms with Crippen LogP contribution in [0.25, 0.3) is 0 Å². The second-order valence-electron chi connectivity index (χ2n) is 7.81. The summed E-state index contributed by atoms with van der Waals surface area (Å²) < 4.78 is 60.2. The lowest BCUT2D eigenvalue weighted by atomic mass is 9.84. The van der Waals surface area contributed by atoms with Gasteiger partial charge in [0, 0.05) is 24.3 Å². The number of hydrogen-bond acceptors (Lipinski definition) is 4. The molecule has 0 radical (unpaired) electrons. The Labute approximate surface area is 168 Å². The first kappa shape index (κ1) is 21.4. The standard InChI is InChI=1S/C20H16F4N2O4/c1-19(2,25-9(27)5-6-10(25)28)13-15(21)17(23)14(18(24)16(13)22)20(3,4)26-11(29)7-8-12(26)30/h5-8H,1-4H3. The van der Waals surface area contributed by atoms with E-state index in [0.717, 1.165) is 52.0 Å². The van der Waals surface area contributed by atoms with Crippen LogP contribution in [0.1, 0.15) is 38.8 Å². The average molecular weight is 424 g/mol. The van der Waals surface area contributed by atoms with Crippen LogP contribution >= 0.6 is 0 Å². The van der Waals surface area contributed by atoms with E-state index in [4.69, 9.17) is 0 Å². The number of rotatable bonds is 4. The molecule has 0 fully saturated rings. The van der Waals surface area contributed by atoms with E-state index in [9.17, 15) is 19.2 Å². The molecule has 2 heterocycles. The summed E-state index contributed by atoms with van der Waals surface area (Å²) in [5.74, 6) is -11.0. The molecule has 1 aromatic carbocycles. The molecule has 2 aliphatic rings. The molecule has 2 aliphatic heterocycles. The molecular formula is C20H16F4N2O4. The van der Waals surface area contributed by atoms with Gasteiger partial charge in [-0.1, -0.05) is 0 Å². The molecule has 10 heteroatoms. The Hall–Kier alpha value is -3.30. The van der Waals surface area contributed by atoms with Crippen molar-refractivity contribution in [3.05, 3.63) is 58.7 Å². The molecule has 0 unspecified atom stereocenters. The maximum atomic E-state index is 15.1. The van der Waals surface area contributed by atoms with E-state index in [2.05, 4.69) is 0 Å². The van der Waals surface area contributed by atoms with E-state index in [0.29, 0.717) is 9.80 Å². The third kappa shape index (κ3) is 2.78. The van der Waals surface area contributed by atoms with E-state index in [1.807, 2.05) is 0 Å². The minimum atomic E-state index is -2.09. The normalized spacial score (nSPS) is 17.2. The van der Waals surface area contributed by atoms with Gasteiger partial charge < -0.3 is 0 Å². The lowest BCUT2D eigenvalue weighted by Crippen LogP contribution is -2.49. The minimum absolute atomic E-state index is 0.468. The van der Waals surface area contributed by atoms with Gasteiger partial charge in [0.05, 0.1) is 22.2 Å². The second kappa shape index (κ2) is 6.61. The maximum absolute atomic E-state index is 15.1. The van der Waals surface area contributed by atoms with Crippen LogP contribution in [-0.2, 0) is 30.3 Å². The number of carbonyl (C=O) groups excluding carboxylic acids is 4. The number of halogens is 4. The van der Waals surface area contributed by atoms with Gasteiger partial charge in [-0.3, -0.25) is 29.0 Å². The summed E-state index contributed by atoms with van der Waals surface area (Å²) in [4.78, 5) is 48.8. The average Bonchev–Trinajstić information content (AvgIpc) is 3.14. The van der Waals surface area contributed by atoms with Crippen LogP contribution in [-0.4, -0.2) is 33.4 Å². The fraction of sp³-hybridized carbons (Fsp3) is 0.300. The molecular weight excluding hydrogens is 408 g/mol. The van der Waals surface area contributed by atoms with Crippen LogP contribution in [0.4, 0.5) is 17.6 Å². The summed E-state index contributed by atoms with van der Waals surface area (Å²) in [6, 6.07) is 0. The second-order valence-corrected chi connectivity index (χ2v) is 7.81. The lowest BCUT2D eigenvalue weighted by Gasteiger charge is -2.37. The van der Waals surface area contributed by atoms with Gasteiger partial charge in [-0.05, 0) is 27.7 Å². The smallest absolute Gasteiger partial charge is 0.254 e. The van der Waals surface area contributed by atoms with Crippen molar-refractivity contribution in [3.63, 3.8) is 0 Å². The monoisotopic (exact) mass is 424 g/mol. The maximum Gasteiger partial charge on any atom is 0.254 e. The third-order valence-corrected chi connectivity index (χ3v) is 5.22. The van der Waals surface area contributed by atoms with Crippen molar-refractivity contribution in [1.82, 2.24) is 9.80 Å². The minimum Gasteiger partial charge on any atom is -0.269 e. The highest BCUT2D eigenvalue weighted by molar-refractivity contribution is 6.14. The highest BCUT2D eigenvalue weighted by atomic mass is 19.2. The summed E-state index contributed by atoms with van der Waals surface area (Å²) in [5, 5.41) is 0. The Morgan fingerprint density at radius 2 is 0.733 bits per heavy atom. The molecule has 6 nitrogen and oxygen atoms in total. The lowest BCUT2D eigenvalue weighted by molar-refractivity contribution is -0.145. The highest BCUT2D eigenvalue weighted by Gasteiger charge is 2.48. The third-order valence-electron chi connectivity index (χ3n) is 5.22. The van der Waals surface area contributed by atoms with Crippen molar-refractivity contribution in [2.45, 2.75) is 38.8 Å².